The number of rotatable bonds is 5. The molecule has 1 fully saturated rings. The van der Waals surface area contributed by atoms with Crippen molar-refractivity contribution < 1.29 is 22.1 Å². The Hall–Kier alpha value is -1.16. The normalized spacial score (nSPS) is 15.4. The van der Waals surface area contributed by atoms with E-state index in [0.29, 0.717) is 4.58 Å². The van der Waals surface area contributed by atoms with E-state index in [1.807, 2.05) is 35.7 Å². The molecule has 128 valence electrons. The van der Waals surface area contributed by atoms with Gasteiger partial charge in [-0.25, -0.2) is 4.79 Å². The number of thioether (sulfide) groups is 2. The Kier molecular flexibility index (Phi) is 5.43. The fraction of sp³-hybridized carbons (Fsp3) is 0.267. The lowest BCUT2D eigenvalue weighted by atomic mass is 10.2. The highest BCUT2D eigenvalue weighted by Gasteiger charge is 2.27. The van der Waals surface area contributed by atoms with Crippen molar-refractivity contribution in [3.8, 4) is 5.75 Å². The molecule has 1 saturated heterocycles. The molecule has 3 rings (SSSR count). The van der Waals surface area contributed by atoms with Crippen molar-refractivity contribution in [2.75, 3.05) is 18.6 Å². The maximum absolute atomic E-state index is 12.4. The molecule has 0 spiro atoms. The lowest BCUT2D eigenvalue weighted by Crippen LogP contribution is -2.13. The number of carbonyl (C=O) groups is 1. The van der Waals surface area contributed by atoms with Crippen LogP contribution >= 0.6 is 34.9 Å². The zero-order valence-corrected chi connectivity index (χ0v) is 15.9. The van der Waals surface area contributed by atoms with Gasteiger partial charge in [0, 0.05) is 11.5 Å². The third-order valence-electron chi connectivity index (χ3n) is 3.25. The molecule has 0 aliphatic carbocycles. The summed E-state index contributed by atoms with van der Waals surface area (Å²) in [5.41, 5.74) is 1.14. The maximum atomic E-state index is 12.4. The number of hydrogen-bond donors (Lipinski definition) is 0. The Labute approximate surface area is 152 Å². The average molecular weight is 403 g/mol. The van der Waals surface area contributed by atoms with Crippen LogP contribution in [0.15, 0.2) is 40.6 Å². The van der Waals surface area contributed by atoms with Gasteiger partial charge in [-0.05, 0) is 29.1 Å². The highest BCUT2D eigenvalue weighted by molar-refractivity contribution is 8.19. The van der Waals surface area contributed by atoms with Gasteiger partial charge in [-0.2, -0.15) is 8.42 Å². The summed E-state index contributed by atoms with van der Waals surface area (Å²) in [6.45, 7) is 0. The van der Waals surface area contributed by atoms with E-state index in [0.717, 1.165) is 28.4 Å². The molecule has 2 aromatic rings. The van der Waals surface area contributed by atoms with Gasteiger partial charge >= 0.3 is 16.1 Å². The van der Waals surface area contributed by atoms with Crippen molar-refractivity contribution in [3.63, 3.8) is 0 Å². The number of hydrogen-bond acceptors (Lipinski definition) is 8. The fourth-order valence-corrected chi connectivity index (χ4v) is 7.24. The molecule has 0 saturated carbocycles. The van der Waals surface area contributed by atoms with Crippen molar-refractivity contribution in [2.45, 2.75) is 9.48 Å². The first-order valence-corrected chi connectivity index (χ1v) is 11.3. The summed E-state index contributed by atoms with van der Waals surface area (Å²) in [6.07, 6.45) is 0. The quantitative estimate of drug-likeness (QED) is 0.557. The van der Waals surface area contributed by atoms with Gasteiger partial charge in [-0.3, -0.25) is 0 Å². The van der Waals surface area contributed by atoms with Crippen LogP contribution in [0.2, 0.25) is 0 Å². The van der Waals surface area contributed by atoms with Crippen LogP contribution in [0.1, 0.15) is 19.8 Å². The number of esters is 1. The number of ether oxygens (including phenoxy) is 1. The fourth-order valence-electron chi connectivity index (χ4n) is 2.14. The molecular weight excluding hydrogens is 388 g/mol. The largest absolute Gasteiger partial charge is 0.465 e. The van der Waals surface area contributed by atoms with Crippen LogP contribution in [0.25, 0.3) is 0 Å². The van der Waals surface area contributed by atoms with Crippen LogP contribution in [0.5, 0.6) is 5.75 Å². The summed E-state index contributed by atoms with van der Waals surface area (Å²) in [6, 6.07) is 8.35. The monoisotopic (exact) mass is 402 g/mol. The molecule has 1 aromatic carbocycles. The van der Waals surface area contributed by atoms with E-state index < -0.39 is 16.1 Å². The summed E-state index contributed by atoms with van der Waals surface area (Å²) in [5, 5.41) is 1.51. The second-order valence-corrected chi connectivity index (χ2v) is 9.94. The maximum Gasteiger partial charge on any atom is 0.349 e. The molecule has 1 aliphatic rings. The van der Waals surface area contributed by atoms with Gasteiger partial charge in [0.2, 0.25) is 0 Å². The molecule has 0 N–H and O–H groups in total. The first-order chi connectivity index (χ1) is 11.5. The predicted molar refractivity (Wildman–Crippen MR) is 97.6 cm³/mol. The van der Waals surface area contributed by atoms with Gasteiger partial charge in [0.25, 0.3) is 0 Å². The topological polar surface area (TPSA) is 69.7 Å². The molecule has 0 radical (unpaired) electrons. The van der Waals surface area contributed by atoms with Gasteiger partial charge < -0.3 is 8.92 Å². The van der Waals surface area contributed by atoms with Crippen LogP contribution in [0, 0.1) is 0 Å². The highest BCUT2D eigenvalue weighted by Crippen LogP contribution is 2.45. The number of methoxy groups -OCH3 is 1. The number of carbonyl (C=O) groups excluding carboxylic acids is 1. The summed E-state index contributed by atoms with van der Waals surface area (Å²) < 4.78 is 35.0. The Morgan fingerprint density at radius 3 is 2.42 bits per heavy atom. The van der Waals surface area contributed by atoms with Crippen LogP contribution < -0.4 is 4.18 Å². The molecule has 0 unspecified atom stereocenters. The van der Waals surface area contributed by atoms with Crippen LogP contribution in [0.4, 0.5) is 0 Å². The van der Waals surface area contributed by atoms with E-state index in [1.165, 1.54) is 18.6 Å². The zero-order chi connectivity index (χ0) is 17.2. The molecule has 0 atom stereocenters. The van der Waals surface area contributed by atoms with E-state index >= 15 is 0 Å². The van der Waals surface area contributed by atoms with Crippen molar-refractivity contribution in [3.05, 3.63) is 46.2 Å². The Morgan fingerprint density at radius 2 is 1.79 bits per heavy atom. The first-order valence-electron chi connectivity index (χ1n) is 6.95. The van der Waals surface area contributed by atoms with E-state index in [2.05, 4.69) is 4.74 Å². The molecule has 0 amide bonds. The lowest BCUT2D eigenvalue weighted by Gasteiger charge is -2.10. The molecule has 2 heterocycles. The lowest BCUT2D eigenvalue weighted by molar-refractivity contribution is 0.0602. The van der Waals surface area contributed by atoms with Gasteiger partial charge in [0.15, 0.2) is 0 Å². The summed E-state index contributed by atoms with van der Waals surface area (Å²) in [4.78, 5) is 11.5. The minimum atomic E-state index is -4.09. The van der Waals surface area contributed by atoms with E-state index in [4.69, 9.17) is 4.18 Å². The Balaban J connectivity index is 1.79. The van der Waals surface area contributed by atoms with E-state index in [1.54, 1.807) is 12.1 Å². The van der Waals surface area contributed by atoms with Gasteiger partial charge in [-0.1, -0.05) is 12.1 Å². The molecule has 1 aliphatic heterocycles. The molecule has 24 heavy (non-hydrogen) atoms. The minimum Gasteiger partial charge on any atom is -0.465 e. The SMILES string of the molecule is COC(=O)c1sccc1S(=O)(=O)Oc1ccc(C2SCCS2)cc1. The van der Waals surface area contributed by atoms with E-state index in [9.17, 15) is 13.2 Å². The predicted octanol–water partition coefficient (Wildman–Crippen LogP) is 3.78. The number of thiophene rings is 1. The molecule has 1 aromatic heterocycles. The van der Waals surface area contributed by atoms with Gasteiger partial charge in [0.1, 0.15) is 15.5 Å². The van der Waals surface area contributed by atoms with Crippen molar-refractivity contribution in [1.29, 1.82) is 0 Å². The number of benzene rings is 1. The summed E-state index contributed by atoms with van der Waals surface area (Å²) in [7, 11) is -2.88. The second kappa shape index (κ2) is 7.38. The summed E-state index contributed by atoms with van der Waals surface area (Å²) in [5.74, 6) is 1.76. The third kappa shape index (κ3) is 3.74. The van der Waals surface area contributed by atoms with Crippen LogP contribution in [0.3, 0.4) is 0 Å². The van der Waals surface area contributed by atoms with Crippen LogP contribution in [-0.4, -0.2) is 33.0 Å². The Morgan fingerprint density at radius 1 is 1.12 bits per heavy atom. The van der Waals surface area contributed by atoms with Gasteiger partial charge in [-0.15, -0.1) is 34.9 Å². The Bertz CT molecular complexity index is 820. The van der Waals surface area contributed by atoms with Crippen molar-refractivity contribution >= 4 is 50.9 Å². The first kappa shape index (κ1) is 17.7. The molecular formula is C15H14O5S4. The summed E-state index contributed by atoms with van der Waals surface area (Å²) >= 11 is 4.75. The van der Waals surface area contributed by atoms with E-state index in [-0.39, 0.29) is 15.5 Å². The molecule has 9 heteroatoms. The minimum absolute atomic E-state index is 0.00729. The standard InChI is InChI=1S/C15H14O5S4/c1-19-14(16)13-12(6-7-21-13)24(17,18)20-11-4-2-10(3-5-11)15-22-8-9-23-15/h2-7,15H,8-9H2,1H3. The van der Waals surface area contributed by atoms with Gasteiger partial charge in [0.05, 0.1) is 11.7 Å². The van der Waals surface area contributed by atoms with Crippen LogP contribution in [-0.2, 0) is 14.9 Å². The molecule has 0 bridgehead atoms. The van der Waals surface area contributed by atoms with Crippen molar-refractivity contribution in [2.24, 2.45) is 0 Å². The third-order valence-corrected chi connectivity index (χ3v) is 8.67. The smallest absolute Gasteiger partial charge is 0.349 e. The highest BCUT2D eigenvalue weighted by atomic mass is 32.2. The molecule has 5 nitrogen and oxygen atoms in total. The zero-order valence-electron chi connectivity index (χ0n) is 12.6. The average Bonchev–Trinajstić information content (AvgIpc) is 3.26. The second-order valence-electron chi connectivity index (χ2n) is 4.79. The van der Waals surface area contributed by atoms with Crippen molar-refractivity contribution in [1.82, 2.24) is 0 Å².